The molecule has 0 bridgehead atoms. The Balaban J connectivity index is 0.864. The number of rotatable bonds is 9. The van der Waals surface area contributed by atoms with E-state index in [-0.39, 0.29) is 61.1 Å². The van der Waals surface area contributed by atoms with Gasteiger partial charge >= 0.3 is 17.9 Å². The lowest BCUT2D eigenvalue weighted by Crippen LogP contribution is -2.62. The summed E-state index contributed by atoms with van der Waals surface area (Å²) >= 11 is 0. The van der Waals surface area contributed by atoms with Crippen LogP contribution in [0.5, 0.6) is 0 Å². The van der Waals surface area contributed by atoms with Crippen molar-refractivity contribution in [2.45, 2.75) is 211 Å². The molecule has 4 N–H and O–H groups in total. The number of cyclic esters (lactones) is 1. The molecule has 8 rings (SSSR count). The van der Waals surface area contributed by atoms with E-state index >= 15 is 0 Å². The largest absolute Gasteiger partial charge is 0.462 e. The zero-order valence-electron chi connectivity index (χ0n) is 36.6. The second kappa shape index (κ2) is 17.3. The number of carbonyl (C=O) groups is 3. The maximum atomic E-state index is 12.9. The average Bonchev–Trinajstić information content (AvgIpc) is 3.69. The number of ether oxygens (including phenoxy) is 9. The Labute approximate surface area is 358 Å². The summed E-state index contributed by atoms with van der Waals surface area (Å²) in [5.74, 6) is -0.892. The number of esters is 3. The van der Waals surface area contributed by atoms with Crippen molar-refractivity contribution in [3.8, 4) is 0 Å². The molecule has 344 valence electrons. The third-order valence-corrected chi connectivity index (χ3v) is 16.4. The minimum Gasteiger partial charge on any atom is -0.462 e. The first-order valence-electron chi connectivity index (χ1n) is 22.7. The fourth-order valence-corrected chi connectivity index (χ4v) is 13.5. The second-order valence-corrected chi connectivity index (χ2v) is 20.1. The summed E-state index contributed by atoms with van der Waals surface area (Å²) in [7, 11) is 0. The highest BCUT2D eigenvalue weighted by Gasteiger charge is 2.71. The topological polar surface area (TPSA) is 215 Å². The summed E-state index contributed by atoms with van der Waals surface area (Å²) in [6.07, 6.45) is -1.64. The number of aliphatic hydroxyl groups excluding tert-OH is 3. The van der Waals surface area contributed by atoms with Gasteiger partial charge in [-0.2, -0.15) is 0 Å². The highest BCUT2D eigenvalue weighted by Crippen LogP contribution is 2.70. The number of carbonyl (C=O) groups excluding carboxylic acids is 3. The summed E-state index contributed by atoms with van der Waals surface area (Å²) in [6.45, 7) is 12.6. The fourth-order valence-electron chi connectivity index (χ4n) is 13.5. The SMILES string of the molecule is CC(=O)O[C@H]1C[C@H](O[C@H]2[C@@H](O)CC(O[C@H]3CC[C@@]4(C)[C@H](CC[C@@H]5[C@@H]4CC[C@]4(C)[C@@H](C6=CC(=O)OC6)[C@@H](OC(C)=O)C[C@]54O)C3)O[C@@H]2C)O[C@H](C)[C@H]1O[C@H]1C[C@H](O)[C@H](O)[C@@H](C)O1. The van der Waals surface area contributed by atoms with Gasteiger partial charge in [-0.05, 0) is 94.5 Å². The van der Waals surface area contributed by atoms with E-state index in [1.807, 2.05) is 6.92 Å². The molecule has 7 fully saturated rings. The van der Waals surface area contributed by atoms with Crippen LogP contribution in [0.25, 0.3) is 0 Å². The Bertz CT molecular complexity index is 1650. The van der Waals surface area contributed by atoms with E-state index in [4.69, 9.17) is 42.6 Å². The molecule has 0 radical (unpaired) electrons. The van der Waals surface area contributed by atoms with Crippen molar-refractivity contribution >= 4 is 17.9 Å². The smallest absolute Gasteiger partial charge is 0.331 e. The maximum absolute atomic E-state index is 12.9. The lowest BCUT2D eigenvalue weighted by molar-refractivity contribution is -0.336. The molecular formula is C45H68O16. The number of aliphatic hydroxyl groups is 4. The van der Waals surface area contributed by atoms with Gasteiger partial charge in [0, 0.05) is 56.9 Å². The van der Waals surface area contributed by atoms with E-state index in [1.54, 1.807) is 13.8 Å². The molecule has 0 amide bonds. The first-order chi connectivity index (χ1) is 28.8. The summed E-state index contributed by atoms with van der Waals surface area (Å²) in [6, 6.07) is 0. The molecule has 0 aromatic heterocycles. The number of hydrogen-bond donors (Lipinski definition) is 4. The van der Waals surface area contributed by atoms with Gasteiger partial charge in [0.05, 0.1) is 42.2 Å². The van der Waals surface area contributed by atoms with Crippen LogP contribution < -0.4 is 0 Å². The summed E-state index contributed by atoms with van der Waals surface area (Å²) in [4.78, 5) is 36.6. The minimum absolute atomic E-state index is 0.0174. The highest BCUT2D eigenvalue weighted by molar-refractivity contribution is 5.85. The van der Waals surface area contributed by atoms with E-state index < -0.39 is 103 Å². The van der Waals surface area contributed by atoms with Crippen molar-refractivity contribution in [2.75, 3.05) is 6.61 Å². The molecule has 0 aromatic carbocycles. The van der Waals surface area contributed by atoms with Gasteiger partial charge in [0.25, 0.3) is 0 Å². The van der Waals surface area contributed by atoms with E-state index in [0.29, 0.717) is 12.3 Å². The highest BCUT2D eigenvalue weighted by atomic mass is 16.7. The third kappa shape index (κ3) is 8.45. The van der Waals surface area contributed by atoms with Crippen LogP contribution >= 0.6 is 0 Å². The summed E-state index contributed by atoms with van der Waals surface area (Å²) < 4.78 is 54.3. The van der Waals surface area contributed by atoms with Crippen molar-refractivity contribution in [3.63, 3.8) is 0 Å². The van der Waals surface area contributed by atoms with Crippen LogP contribution in [0, 0.1) is 34.5 Å². The number of fused-ring (bicyclic) bond motifs is 5. The molecule has 1 unspecified atom stereocenters. The molecule has 3 saturated heterocycles. The van der Waals surface area contributed by atoms with Gasteiger partial charge in [-0.1, -0.05) is 13.8 Å². The molecular weight excluding hydrogens is 796 g/mol. The van der Waals surface area contributed by atoms with Gasteiger partial charge in [0.2, 0.25) is 0 Å². The van der Waals surface area contributed by atoms with Gasteiger partial charge in [0.1, 0.15) is 37.1 Å². The fraction of sp³-hybridized carbons (Fsp3) is 0.889. The van der Waals surface area contributed by atoms with Gasteiger partial charge in [-0.25, -0.2) is 4.79 Å². The molecule has 61 heavy (non-hydrogen) atoms. The van der Waals surface area contributed by atoms with Crippen molar-refractivity contribution in [1.82, 2.24) is 0 Å². The zero-order chi connectivity index (χ0) is 43.8. The normalized spacial score (nSPS) is 51.0. The van der Waals surface area contributed by atoms with Crippen LogP contribution in [0.4, 0.5) is 0 Å². The Morgan fingerprint density at radius 2 is 1.34 bits per heavy atom. The van der Waals surface area contributed by atoms with Crippen LogP contribution in [0.1, 0.15) is 119 Å². The Kier molecular flexibility index (Phi) is 12.8. The van der Waals surface area contributed by atoms with Crippen molar-refractivity contribution in [3.05, 3.63) is 11.6 Å². The van der Waals surface area contributed by atoms with Crippen molar-refractivity contribution in [1.29, 1.82) is 0 Å². The van der Waals surface area contributed by atoms with E-state index in [9.17, 15) is 34.8 Å². The van der Waals surface area contributed by atoms with Crippen LogP contribution in [0.15, 0.2) is 11.6 Å². The lowest BCUT2D eigenvalue weighted by Gasteiger charge is -2.63. The Hall–Kier alpha value is -2.25. The molecule has 21 atom stereocenters. The molecule has 0 aromatic rings. The average molecular weight is 865 g/mol. The Morgan fingerprint density at radius 1 is 0.721 bits per heavy atom. The minimum atomic E-state index is -1.06. The predicted octanol–water partition coefficient (Wildman–Crippen LogP) is 3.36. The molecule has 4 aliphatic heterocycles. The van der Waals surface area contributed by atoms with Gasteiger partial charge in [0.15, 0.2) is 18.9 Å². The van der Waals surface area contributed by atoms with E-state index in [2.05, 4.69) is 13.8 Å². The molecule has 4 heterocycles. The van der Waals surface area contributed by atoms with Crippen LogP contribution in [-0.4, -0.2) is 137 Å². The zero-order valence-corrected chi connectivity index (χ0v) is 36.6. The molecule has 4 saturated carbocycles. The van der Waals surface area contributed by atoms with Crippen molar-refractivity contribution < 1.29 is 77.4 Å². The summed E-state index contributed by atoms with van der Waals surface area (Å²) in [5.41, 5.74) is -0.845. The monoisotopic (exact) mass is 864 g/mol. The molecule has 16 heteroatoms. The van der Waals surface area contributed by atoms with Crippen LogP contribution in [0.3, 0.4) is 0 Å². The molecule has 8 aliphatic rings. The standard InChI is InChI=1S/C45H68O16/c1-21-40(51)31(48)16-37(54-21)61-42-23(3)56-38(18-33(42)57-24(4)46)60-41-22(2)55-36(17-32(41)49)59-28-10-12-43(6)27(15-28)8-9-30-29(43)11-13-44(7)39(26-14-35(50)53-20-26)34(58-25(5)47)19-45(30,44)52/h14,21-23,27-34,36-42,48-49,51-52H,8-13,15-20H2,1-7H3/t21-,22-,23-,27-,28+,29+,30-,31+,32+,33+,34+,36?,37+,38+,39+,40-,41-,42-,43+,44-,45+/m1/s1. The lowest BCUT2D eigenvalue weighted by atomic mass is 9.43. The quantitative estimate of drug-likeness (QED) is 0.149. The summed E-state index contributed by atoms with van der Waals surface area (Å²) in [5, 5.41) is 44.7. The van der Waals surface area contributed by atoms with Gasteiger partial charge in [-0.3, -0.25) is 9.59 Å². The van der Waals surface area contributed by atoms with Crippen LogP contribution in [-0.2, 0) is 57.0 Å². The maximum Gasteiger partial charge on any atom is 0.331 e. The molecule has 0 spiro atoms. The first-order valence-corrected chi connectivity index (χ1v) is 22.7. The van der Waals surface area contributed by atoms with E-state index in [0.717, 1.165) is 50.5 Å². The van der Waals surface area contributed by atoms with Crippen molar-refractivity contribution in [2.24, 2.45) is 34.5 Å². The Morgan fingerprint density at radius 3 is 2.00 bits per heavy atom. The first kappa shape index (κ1) is 45.3. The molecule has 16 nitrogen and oxygen atoms in total. The van der Waals surface area contributed by atoms with Gasteiger partial charge in [-0.15, -0.1) is 0 Å². The second-order valence-electron chi connectivity index (χ2n) is 20.1. The molecule has 4 aliphatic carbocycles. The van der Waals surface area contributed by atoms with E-state index in [1.165, 1.54) is 19.9 Å². The van der Waals surface area contributed by atoms with Crippen LogP contribution in [0.2, 0.25) is 0 Å². The predicted molar refractivity (Wildman–Crippen MR) is 212 cm³/mol. The number of hydrogen-bond acceptors (Lipinski definition) is 16. The van der Waals surface area contributed by atoms with Gasteiger partial charge < -0.3 is 63.1 Å². The third-order valence-electron chi connectivity index (χ3n) is 16.4.